The van der Waals surface area contributed by atoms with Crippen LogP contribution in [0.2, 0.25) is 0 Å². The lowest BCUT2D eigenvalue weighted by Gasteiger charge is -2.27. The molecule has 174 valence electrons. The van der Waals surface area contributed by atoms with E-state index in [-0.39, 0.29) is 6.07 Å². The molecule has 0 radical (unpaired) electrons. The Hall–Kier alpha value is -3.11. The number of carbonyl (C=O) groups is 2. The van der Waals surface area contributed by atoms with E-state index >= 15 is 0 Å². The molecular formula is C14H10F9N3O5. The van der Waals surface area contributed by atoms with E-state index in [1.54, 1.807) is 5.32 Å². The van der Waals surface area contributed by atoms with Crippen molar-refractivity contribution in [1.82, 2.24) is 5.12 Å². The molecule has 8 nitrogen and oxygen atoms in total. The number of hydrogen-bond donors (Lipinski definition) is 2. The zero-order valence-corrected chi connectivity index (χ0v) is 14.8. The molecule has 0 aromatic heterocycles. The third-order valence-electron chi connectivity index (χ3n) is 3.54. The molecular weight excluding hydrogens is 461 g/mol. The maximum absolute atomic E-state index is 13.5. The topological polar surface area (TPSA) is 113 Å². The van der Waals surface area contributed by atoms with Crippen LogP contribution in [-0.4, -0.2) is 51.2 Å². The maximum atomic E-state index is 13.5. The molecule has 0 aliphatic rings. The molecule has 1 atom stereocenters. The molecule has 0 heterocycles. The molecule has 2 N–H and O–H groups in total. The number of alkyl halides is 8. The van der Waals surface area contributed by atoms with Crippen LogP contribution in [0.25, 0.3) is 0 Å². The molecule has 31 heavy (non-hydrogen) atoms. The van der Waals surface area contributed by atoms with Crippen LogP contribution in [0.4, 0.5) is 51.0 Å². The fraction of sp³-hybridized carbons (Fsp3) is 0.429. The second kappa shape index (κ2) is 8.20. The molecule has 1 aromatic rings. The molecule has 2 amide bonds. The summed E-state index contributed by atoms with van der Waals surface area (Å²) in [7, 11) is 0. The summed E-state index contributed by atoms with van der Waals surface area (Å²) in [6.07, 6.45) is -11.8. The number of benzene rings is 1. The zero-order chi connectivity index (χ0) is 24.6. The number of nitrogens with one attached hydrogen (secondary N) is 1. The van der Waals surface area contributed by atoms with E-state index in [4.69, 9.17) is 0 Å². The van der Waals surface area contributed by atoms with Crippen molar-refractivity contribution in [3.8, 4) is 0 Å². The van der Waals surface area contributed by atoms with Gasteiger partial charge in [0.1, 0.15) is 5.56 Å². The Labute approximate surface area is 165 Å². The normalized spacial score (nSPS) is 14.5. The van der Waals surface area contributed by atoms with E-state index < -0.39 is 69.2 Å². The van der Waals surface area contributed by atoms with Crippen molar-refractivity contribution in [2.45, 2.75) is 30.8 Å². The second-order valence-corrected chi connectivity index (χ2v) is 6.11. The Balaban J connectivity index is 3.08. The average molecular weight is 471 g/mol. The lowest BCUT2D eigenvalue weighted by Crippen LogP contribution is -2.55. The maximum Gasteiger partial charge on any atom is 0.463 e. The summed E-state index contributed by atoms with van der Waals surface area (Å²) >= 11 is 0. The quantitative estimate of drug-likeness (QED) is 0.287. The van der Waals surface area contributed by atoms with Crippen molar-refractivity contribution < 1.29 is 59.2 Å². The number of amides is 2. The average Bonchev–Trinajstić information content (AvgIpc) is 2.58. The summed E-state index contributed by atoms with van der Waals surface area (Å²) < 4.78 is 114. The Morgan fingerprint density at radius 3 is 2.06 bits per heavy atom. The SMILES string of the molecule is CC(O)(CN(F)C(=O)C(F)(F)C(F)(F)F)C(=O)Nc1ccc([N+](=O)[O-])c(C(F)(F)F)c1. The van der Waals surface area contributed by atoms with E-state index in [1.807, 2.05) is 0 Å². The van der Waals surface area contributed by atoms with E-state index in [0.717, 1.165) is 0 Å². The van der Waals surface area contributed by atoms with E-state index in [2.05, 4.69) is 0 Å². The molecule has 0 aliphatic heterocycles. The minimum absolute atomic E-state index is 0.0578. The highest BCUT2D eigenvalue weighted by Crippen LogP contribution is 2.38. The summed E-state index contributed by atoms with van der Waals surface area (Å²) in [5.41, 5.74) is -7.29. The van der Waals surface area contributed by atoms with Crippen molar-refractivity contribution >= 4 is 23.2 Å². The van der Waals surface area contributed by atoms with Gasteiger partial charge in [0.2, 0.25) is 0 Å². The van der Waals surface area contributed by atoms with Gasteiger partial charge in [-0.25, -0.2) is 0 Å². The predicted octanol–water partition coefficient (Wildman–Crippen LogP) is 3.21. The molecule has 1 rings (SSSR count). The van der Waals surface area contributed by atoms with Crippen LogP contribution in [0.1, 0.15) is 12.5 Å². The molecule has 0 aliphatic carbocycles. The van der Waals surface area contributed by atoms with Gasteiger partial charge in [-0.2, -0.15) is 40.2 Å². The van der Waals surface area contributed by atoms with Gasteiger partial charge in [0.15, 0.2) is 5.60 Å². The minimum atomic E-state index is -6.49. The first-order valence-electron chi connectivity index (χ1n) is 7.53. The van der Waals surface area contributed by atoms with Gasteiger partial charge in [-0.15, -0.1) is 0 Å². The van der Waals surface area contributed by atoms with Crippen molar-refractivity contribution in [2.24, 2.45) is 0 Å². The van der Waals surface area contributed by atoms with Crippen LogP contribution in [-0.2, 0) is 15.8 Å². The fourth-order valence-electron chi connectivity index (χ4n) is 1.95. The summed E-state index contributed by atoms with van der Waals surface area (Å²) in [5.74, 6) is -11.5. The standard InChI is InChI=1S/C14H10F9N3O5/c1-11(29,5-25(23)10(28)12(15,16)14(20,21)22)9(27)24-6-2-3-8(26(30)31)7(4-6)13(17,18)19/h2-4,29H,5H2,1H3,(H,24,27). The molecule has 1 aromatic carbocycles. The first kappa shape index (κ1) is 25.9. The van der Waals surface area contributed by atoms with Crippen LogP contribution >= 0.6 is 0 Å². The second-order valence-electron chi connectivity index (χ2n) is 6.11. The van der Waals surface area contributed by atoms with Gasteiger partial charge in [-0.05, 0) is 19.1 Å². The molecule has 1 unspecified atom stereocenters. The summed E-state index contributed by atoms with van der Waals surface area (Å²) in [6, 6.07) is 0.946. The Bertz CT molecular complexity index is 883. The smallest absolute Gasteiger partial charge is 0.378 e. The van der Waals surface area contributed by atoms with Crippen LogP contribution in [0.3, 0.4) is 0 Å². The Morgan fingerprint density at radius 1 is 1.13 bits per heavy atom. The number of aliphatic hydroxyl groups is 1. The van der Waals surface area contributed by atoms with Crippen molar-refractivity contribution in [2.75, 3.05) is 11.9 Å². The van der Waals surface area contributed by atoms with Crippen molar-refractivity contribution in [1.29, 1.82) is 0 Å². The number of nitro groups is 1. The van der Waals surface area contributed by atoms with Gasteiger partial charge in [-0.1, -0.05) is 4.48 Å². The van der Waals surface area contributed by atoms with Gasteiger partial charge >= 0.3 is 24.2 Å². The van der Waals surface area contributed by atoms with E-state index in [0.29, 0.717) is 19.1 Å². The molecule has 0 saturated heterocycles. The van der Waals surface area contributed by atoms with Crippen molar-refractivity contribution in [3.05, 3.63) is 33.9 Å². The zero-order valence-electron chi connectivity index (χ0n) is 14.8. The summed E-state index contributed by atoms with van der Waals surface area (Å²) in [4.78, 5) is 32.2. The van der Waals surface area contributed by atoms with Crippen LogP contribution in [0, 0.1) is 10.1 Å². The molecule has 0 bridgehead atoms. The largest absolute Gasteiger partial charge is 0.463 e. The molecule has 0 saturated carbocycles. The fourth-order valence-corrected chi connectivity index (χ4v) is 1.95. The highest BCUT2D eigenvalue weighted by atomic mass is 19.4. The third kappa shape index (κ3) is 5.74. The third-order valence-corrected chi connectivity index (χ3v) is 3.54. The van der Waals surface area contributed by atoms with Gasteiger partial charge in [0.25, 0.3) is 11.6 Å². The van der Waals surface area contributed by atoms with Crippen molar-refractivity contribution in [3.63, 3.8) is 0 Å². The predicted molar refractivity (Wildman–Crippen MR) is 81.2 cm³/mol. The number of nitrogens with zero attached hydrogens (tertiary/aromatic N) is 2. The molecule has 17 heteroatoms. The Kier molecular flexibility index (Phi) is 6.86. The summed E-state index contributed by atoms with van der Waals surface area (Å²) in [5, 5.41) is 20.2. The van der Waals surface area contributed by atoms with Gasteiger partial charge in [0, 0.05) is 11.8 Å². The highest BCUT2D eigenvalue weighted by Gasteiger charge is 2.65. The first-order chi connectivity index (χ1) is 13.7. The number of rotatable bonds is 6. The highest BCUT2D eigenvalue weighted by molar-refractivity contribution is 5.97. The van der Waals surface area contributed by atoms with Gasteiger partial charge < -0.3 is 10.4 Å². The summed E-state index contributed by atoms with van der Waals surface area (Å²) in [6.45, 7) is -1.72. The number of halogens is 9. The molecule has 0 spiro atoms. The molecule has 0 fully saturated rings. The van der Waals surface area contributed by atoms with E-state index in [9.17, 15) is 64.4 Å². The lowest BCUT2D eigenvalue weighted by atomic mass is 10.0. The van der Waals surface area contributed by atoms with Gasteiger partial charge in [-0.3, -0.25) is 19.7 Å². The minimum Gasteiger partial charge on any atom is -0.378 e. The number of nitro benzene ring substituents is 1. The van der Waals surface area contributed by atoms with E-state index in [1.165, 1.54) is 0 Å². The number of hydrogen-bond acceptors (Lipinski definition) is 5. The Morgan fingerprint density at radius 2 is 1.65 bits per heavy atom. The first-order valence-corrected chi connectivity index (χ1v) is 7.53. The number of carbonyl (C=O) groups excluding carboxylic acids is 2. The monoisotopic (exact) mass is 471 g/mol. The lowest BCUT2D eigenvalue weighted by molar-refractivity contribution is -0.388. The van der Waals surface area contributed by atoms with Crippen LogP contribution in [0.15, 0.2) is 18.2 Å². The van der Waals surface area contributed by atoms with Gasteiger partial charge in [0.05, 0.1) is 11.5 Å². The number of anilines is 1. The van der Waals surface area contributed by atoms with Crippen LogP contribution in [0.5, 0.6) is 0 Å². The van der Waals surface area contributed by atoms with Crippen LogP contribution < -0.4 is 5.32 Å².